The number of fused-ring (bicyclic) bond motifs is 1. The van der Waals surface area contributed by atoms with E-state index in [1.165, 1.54) is 4.52 Å². The number of nitrogens with zero attached hydrogens (tertiary/aromatic N) is 4. The van der Waals surface area contributed by atoms with Gasteiger partial charge in [-0.15, -0.1) is 16.6 Å². The van der Waals surface area contributed by atoms with Crippen molar-refractivity contribution in [3.05, 3.63) is 23.7 Å². The third-order valence-corrected chi connectivity index (χ3v) is 2.28. The Morgan fingerprint density at radius 1 is 1.45 bits per heavy atom. The van der Waals surface area contributed by atoms with Crippen LogP contribution in [0.1, 0.15) is 32.3 Å². The molecule has 0 saturated carbocycles. The van der Waals surface area contributed by atoms with Gasteiger partial charge in [0.15, 0.2) is 18.1 Å². The van der Waals surface area contributed by atoms with Gasteiger partial charge in [-0.25, -0.2) is 4.79 Å². The highest BCUT2D eigenvalue weighted by Crippen LogP contribution is 2.05. The van der Waals surface area contributed by atoms with Crippen LogP contribution >= 0.6 is 0 Å². The summed E-state index contributed by atoms with van der Waals surface area (Å²) < 4.78 is 6.54. The molecule has 2 aromatic heterocycles. The number of alkyl carbamates (subject to hydrolysis) is 1. The van der Waals surface area contributed by atoms with E-state index in [9.17, 15) is 4.79 Å². The summed E-state index contributed by atoms with van der Waals surface area (Å²) in [4.78, 5) is 11.6. The first-order valence-electron chi connectivity index (χ1n) is 6.02. The van der Waals surface area contributed by atoms with Gasteiger partial charge < -0.3 is 10.1 Å². The molecule has 1 N–H and O–H groups in total. The predicted molar refractivity (Wildman–Crippen MR) is 71.8 cm³/mol. The van der Waals surface area contributed by atoms with Crippen molar-refractivity contribution in [1.82, 2.24) is 25.1 Å². The summed E-state index contributed by atoms with van der Waals surface area (Å²) >= 11 is 0. The number of hydrogen-bond donors (Lipinski definition) is 1. The molecular weight excluding hydrogens is 258 g/mol. The molecule has 0 aliphatic carbocycles. The smallest absolute Gasteiger partial charge is 0.407 e. The van der Waals surface area contributed by atoms with E-state index in [-0.39, 0.29) is 12.1 Å². The Balaban J connectivity index is 2.11. The van der Waals surface area contributed by atoms with Crippen LogP contribution in [-0.4, -0.2) is 31.4 Å². The van der Waals surface area contributed by atoms with E-state index in [1.54, 1.807) is 12.1 Å². The maximum Gasteiger partial charge on any atom is 0.407 e. The Labute approximate surface area is 116 Å². The molecule has 0 saturated heterocycles. The van der Waals surface area contributed by atoms with Crippen molar-refractivity contribution in [3.8, 4) is 12.3 Å². The van der Waals surface area contributed by atoms with Gasteiger partial charge in [-0.2, -0.15) is 9.61 Å². The van der Waals surface area contributed by atoms with E-state index in [0.29, 0.717) is 17.2 Å². The topological polar surface area (TPSA) is 81.4 Å². The number of terminal acetylenes is 1. The molecular formula is C13H15N5O2. The van der Waals surface area contributed by atoms with E-state index in [2.05, 4.69) is 26.5 Å². The van der Waals surface area contributed by atoms with Gasteiger partial charge in [0.2, 0.25) is 0 Å². The number of rotatable bonds is 2. The molecule has 0 aliphatic heterocycles. The molecule has 20 heavy (non-hydrogen) atoms. The summed E-state index contributed by atoms with van der Waals surface area (Å²) in [6.07, 6.45) is 4.76. The second-order valence-corrected chi connectivity index (χ2v) is 5.20. The van der Waals surface area contributed by atoms with E-state index < -0.39 is 6.09 Å². The third-order valence-electron chi connectivity index (χ3n) is 2.28. The number of ether oxygens (including phenoxy) is 1. The lowest BCUT2D eigenvalue weighted by Crippen LogP contribution is -2.40. The SMILES string of the molecule is C#Cc1ccc2nnc(COC(=O)NC(C)(C)C)n2n1. The normalized spacial score (nSPS) is 11.1. The number of carbonyl (C=O) groups excluding carboxylic acids is 1. The predicted octanol–water partition coefficient (Wildman–Crippen LogP) is 1.13. The molecule has 2 heterocycles. The maximum absolute atomic E-state index is 11.6. The second kappa shape index (κ2) is 5.17. The molecule has 7 nitrogen and oxygen atoms in total. The number of aromatic nitrogens is 4. The van der Waals surface area contributed by atoms with E-state index in [4.69, 9.17) is 11.2 Å². The van der Waals surface area contributed by atoms with Crippen molar-refractivity contribution < 1.29 is 9.53 Å². The van der Waals surface area contributed by atoms with Crippen molar-refractivity contribution in [2.75, 3.05) is 0 Å². The minimum Gasteiger partial charge on any atom is -0.441 e. The van der Waals surface area contributed by atoms with E-state index in [1.807, 2.05) is 20.8 Å². The first-order valence-corrected chi connectivity index (χ1v) is 6.02. The van der Waals surface area contributed by atoms with Gasteiger partial charge in [0.1, 0.15) is 5.69 Å². The average Bonchev–Trinajstić information content (AvgIpc) is 2.76. The summed E-state index contributed by atoms with van der Waals surface area (Å²) in [7, 11) is 0. The lowest BCUT2D eigenvalue weighted by atomic mass is 10.1. The summed E-state index contributed by atoms with van der Waals surface area (Å²) in [6.45, 7) is 5.55. The molecule has 0 atom stereocenters. The Morgan fingerprint density at radius 3 is 2.85 bits per heavy atom. The maximum atomic E-state index is 11.6. The van der Waals surface area contributed by atoms with Gasteiger partial charge in [-0.05, 0) is 38.8 Å². The van der Waals surface area contributed by atoms with Crippen LogP contribution < -0.4 is 5.32 Å². The highest BCUT2D eigenvalue weighted by atomic mass is 16.5. The van der Waals surface area contributed by atoms with Crippen LogP contribution in [0.25, 0.3) is 5.65 Å². The van der Waals surface area contributed by atoms with Crippen LogP contribution in [-0.2, 0) is 11.3 Å². The van der Waals surface area contributed by atoms with Crippen LogP contribution in [0, 0.1) is 12.3 Å². The van der Waals surface area contributed by atoms with Crippen LogP contribution in [0.2, 0.25) is 0 Å². The third kappa shape index (κ3) is 3.23. The standard InChI is InChI=1S/C13H15N5O2/c1-5-9-6-7-10-15-16-11(18(10)17-9)8-20-12(19)14-13(2,3)4/h1,6-7H,8H2,2-4H3,(H,14,19). The van der Waals surface area contributed by atoms with Crippen LogP contribution in [0.15, 0.2) is 12.1 Å². The Kier molecular flexibility index (Phi) is 3.57. The quantitative estimate of drug-likeness (QED) is 0.829. The van der Waals surface area contributed by atoms with Gasteiger partial charge in [0.25, 0.3) is 0 Å². The van der Waals surface area contributed by atoms with Crippen molar-refractivity contribution >= 4 is 11.7 Å². The molecule has 0 aliphatic rings. The molecule has 0 spiro atoms. The average molecular weight is 273 g/mol. The summed E-state index contributed by atoms with van der Waals surface area (Å²) in [5.41, 5.74) is 0.635. The van der Waals surface area contributed by atoms with Crippen LogP contribution in [0.3, 0.4) is 0 Å². The van der Waals surface area contributed by atoms with Gasteiger partial charge in [-0.3, -0.25) is 0 Å². The summed E-state index contributed by atoms with van der Waals surface area (Å²) in [5.74, 6) is 2.83. The Morgan fingerprint density at radius 2 is 2.20 bits per heavy atom. The van der Waals surface area contributed by atoms with Crippen LogP contribution in [0.5, 0.6) is 0 Å². The lowest BCUT2D eigenvalue weighted by Gasteiger charge is -2.19. The molecule has 2 aromatic rings. The molecule has 0 bridgehead atoms. The van der Waals surface area contributed by atoms with Crippen molar-refractivity contribution in [2.24, 2.45) is 0 Å². The zero-order chi connectivity index (χ0) is 14.8. The highest BCUT2D eigenvalue weighted by Gasteiger charge is 2.16. The molecule has 2 rings (SSSR count). The number of amides is 1. The molecule has 0 aromatic carbocycles. The largest absolute Gasteiger partial charge is 0.441 e. The van der Waals surface area contributed by atoms with E-state index >= 15 is 0 Å². The van der Waals surface area contributed by atoms with Gasteiger partial charge in [0, 0.05) is 5.54 Å². The monoisotopic (exact) mass is 273 g/mol. The van der Waals surface area contributed by atoms with Crippen molar-refractivity contribution in [1.29, 1.82) is 0 Å². The summed E-state index contributed by atoms with van der Waals surface area (Å²) in [5, 5.41) is 14.7. The fraction of sp³-hybridized carbons (Fsp3) is 0.385. The minimum atomic E-state index is -0.526. The first kappa shape index (κ1) is 13.8. The van der Waals surface area contributed by atoms with E-state index in [0.717, 1.165) is 0 Å². The number of nitrogens with one attached hydrogen (secondary N) is 1. The molecule has 104 valence electrons. The zero-order valence-electron chi connectivity index (χ0n) is 11.5. The van der Waals surface area contributed by atoms with Crippen molar-refractivity contribution in [3.63, 3.8) is 0 Å². The van der Waals surface area contributed by atoms with Gasteiger partial charge in [-0.1, -0.05) is 0 Å². The van der Waals surface area contributed by atoms with Gasteiger partial charge in [0.05, 0.1) is 0 Å². The van der Waals surface area contributed by atoms with Crippen LogP contribution in [0.4, 0.5) is 4.79 Å². The highest BCUT2D eigenvalue weighted by molar-refractivity contribution is 5.68. The summed E-state index contributed by atoms with van der Waals surface area (Å²) in [6, 6.07) is 3.37. The fourth-order valence-electron chi connectivity index (χ4n) is 1.47. The molecule has 0 fully saturated rings. The molecule has 0 radical (unpaired) electrons. The Bertz CT molecular complexity index is 678. The lowest BCUT2D eigenvalue weighted by molar-refractivity contribution is 0.128. The molecule has 7 heteroatoms. The Hall–Kier alpha value is -2.62. The minimum absolute atomic E-state index is 0.0376. The second-order valence-electron chi connectivity index (χ2n) is 5.20. The number of hydrogen-bond acceptors (Lipinski definition) is 5. The fourth-order valence-corrected chi connectivity index (χ4v) is 1.47. The molecule has 0 unspecified atom stereocenters. The number of carbonyl (C=O) groups is 1. The first-order chi connectivity index (χ1) is 9.39. The zero-order valence-corrected chi connectivity index (χ0v) is 11.5. The van der Waals surface area contributed by atoms with Gasteiger partial charge >= 0.3 is 6.09 Å². The molecule has 1 amide bonds. The van der Waals surface area contributed by atoms with Crippen molar-refractivity contribution in [2.45, 2.75) is 32.9 Å².